The van der Waals surface area contributed by atoms with Crippen LogP contribution in [0.4, 0.5) is 10.1 Å². The predicted octanol–water partition coefficient (Wildman–Crippen LogP) is 5.24. The van der Waals surface area contributed by atoms with Gasteiger partial charge in [0.2, 0.25) is 0 Å². The Morgan fingerprint density at radius 2 is 1.92 bits per heavy atom. The molecule has 0 atom stereocenters. The van der Waals surface area contributed by atoms with Gasteiger partial charge in [0.25, 0.3) is 5.91 Å². The van der Waals surface area contributed by atoms with E-state index in [1.54, 1.807) is 16.8 Å². The SMILES string of the molecule is CCc1c(C(=O)Nc2ccc(Oc3ccnc4[nH]c(=O)n(C(C)C)c34)c(F)c2)cnn1-c1ccccc1. The van der Waals surface area contributed by atoms with Crippen molar-refractivity contribution in [2.75, 3.05) is 5.32 Å². The van der Waals surface area contributed by atoms with Crippen molar-refractivity contribution in [3.8, 4) is 17.2 Å². The van der Waals surface area contributed by atoms with Gasteiger partial charge in [-0.3, -0.25) is 14.3 Å². The fourth-order valence-corrected chi connectivity index (χ4v) is 4.27. The molecule has 9 nitrogen and oxygen atoms in total. The lowest BCUT2D eigenvalue weighted by molar-refractivity contribution is 0.102. The number of anilines is 1. The molecule has 3 aromatic heterocycles. The number of amides is 1. The highest BCUT2D eigenvalue weighted by Gasteiger charge is 2.19. The Morgan fingerprint density at radius 1 is 1.14 bits per heavy atom. The van der Waals surface area contributed by atoms with Crippen LogP contribution >= 0.6 is 0 Å². The number of benzene rings is 2. The predicted molar refractivity (Wildman–Crippen MR) is 138 cm³/mol. The van der Waals surface area contributed by atoms with Crippen LogP contribution in [0.5, 0.6) is 11.5 Å². The number of fused-ring (bicyclic) bond motifs is 1. The van der Waals surface area contributed by atoms with E-state index < -0.39 is 11.7 Å². The fourth-order valence-electron chi connectivity index (χ4n) is 4.27. The van der Waals surface area contributed by atoms with Gasteiger partial charge in [-0.2, -0.15) is 5.10 Å². The minimum absolute atomic E-state index is 0.0550. The first kappa shape index (κ1) is 24.0. The Kier molecular flexibility index (Phi) is 6.31. The van der Waals surface area contributed by atoms with Crippen LogP contribution in [0, 0.1) is 5.82 Å². The van der Waals surface area contributed by atoms with Gasteiger partial charge in [0.15, 0.2) is 23.0 Å². The molecule has 0 fully saturated rings. The molecule has 0 spiro atoms. The van der Waals surface area contributed by atoms with E-state index in [9.17, 15) is 9.59 Å². The van der Waals surface area contributed by atoms with Crippen LogP contribution in [0.2, 0.25) is 0 Å². The molecule has 0 radical (unpaired) electrons. The van der Waals surface area contributed by atoms with Crippen molar-refractivity contribution in [2.24, 2.45) is 0 Å². The number of hydrogen-bond donors (Lipinski definition) is 2. The Balaban J connectivity index is 1.39. The normalized spacial score (nSPS) is 11.3. The van der Waals surface area contributed by atoms with Crippen molar-refractivity contribution in [1.82, 2.24) is 24.3 Å². The lowest BCUT2D eigenvalue weighted by atomic mass is 10.1. The molecule has 0 aliphatic rings. The highest BCUT2D eigenvalue weighted by atomic mass is 19.1. The van der Waals surface area contributed by atoms with Crippen LogP contribution in [-0.4, -0.2) is 30.2 Å². The molecular weight excluding hydrogens is 475 g/mol. The lowest BCUT2D eigenvalue weighted by Crippen LogP contribution is -2.18. The zero-order chi connectivity index (χ0) is 26.1. The first-order valence-electron chi connectivity index (χ1n) is 11.9. The Morgan fingerprint density at radius 3 is 2.62 bits per heavy atom. The number of nitrogens with zero attached hydrogens (tertiary/aromatic N) is 4. The molecule has 0 saturated heterocycles. The Hall–Kier alpha value is -4.73. The Labute approximate surface area is 211 Å². The van der Waals surface area contributed by atoms with E-state index in [-0.39, 0.29) is 28.9 Å². The van der Waals surface area contributed by atoms with Gasteiger partial charge in [0, 0.05) is 30.1 Å². The van der Waals surface area contributed by atoms with Gasteiger partial charge in [-0.25, -0.2) is 18.9 Å². The summed E-state index contributed by atoms with van der Waals surface area (Å²) in [5.74, 6) is -0.835. The molecule has 188 valence electrons. The number of halogens is 1. The molecule has 10 heteroatoms. The quantitative estimate of drug-likeness (QED) is 0.318. The third-order valence-corrected chi connectivity index (χ3v) is 5.95. The minimum atomic E-state index is -0.674. The number of ether oxygens (including phenoxy) is 1. The number of aromatic nitrogens is 5. The average molecular weight is 501 g/mol. The zero-order valence-corrected chi connectivity index (χ0v) is 20.5. The number of nitrogens with one attached hydrogen (secondary N) is 2. The summed E-state index contributed by atoms with van der Waals surface area (Å²) in [4.78, 5) is 32.2. The number of pyridine rings is 1. The first-order chi connectivity index (χ1) is 17.9. The van der Waals surface area contributed by atoms with Crippen molar-refractivity contribution in [3.63, 3.8) is 0 Å². The molecule has 0 bridgehead atoms. The molecule has 0 aliphatic heterocycles. The number of hydrogen-bond acceptors (Lipinski definition) is 5. The summed E-state index contributed by atoms with van der Waals surface area (Å²) < 4.78 is 24.1. The summed E-state index contributed by atoms with van der Waals surface area (Å²) in [6, 6.07) is 15.1. The standard InChI is InChI=1S/C27H25FN6O3/c1-4-21-19(15-30-34(21)18-8-6-5-7-9-18)26(35)31-17-10-11-22(20(28)14-17)37-23-12-13-29-25-24(23)33(16(2)3)27(36)32-25/h5-16H,4H2,1-3H3,(H,31,35)(H,29,32,36). The summed E-state index contributed by atoms with van der Waals surface area (Å²) in [5.41, 5.74) is 2.74. The number of para-hydroxylation sites is 1. The highest BCUT2D eigenvalue weighted by Crippen LogP contribution is 2.31. The monoisotopic (exact) mass is 500 g/mol. The molecule has 3 heterocycles. The van der Waals surface area contributed by atoms with Gasteiger partial charge in [-0.1, -0.05) is 25.1 Å². The van der Waals surface area contributed by atoms with Gasteiger partial charge in [0.1, 0.15) is 5.52 Å². The van der Waals surface area contributed by atoms with Crippen LogP contribution in [0.3, 0.4) is 0 Å². The second kappa shape index (κ2) is 9.73. The van der Waals surface area contributed by atoms with Crippen molar-refractivity contribution in [2.45, 2.75) is 33.2 Å². The molecule has 0 unspecified atom stereocenters. The molecule has 0 saturated carbocycles. The van der Waals surface area contributed by atoms with E-state index in [1.807, 2.05) is 51.1 Å². The van der Waals surface area contributed by atoms with Gasteiger partial charge < -0.3 is 10.1 Å². The summed E-state index contributed by atoms with van der Waals surface area (Å²) in [6.45, 7) is 5.66. The number of carbonyl (C=O) groups excluding carboxylic acids is 1. The molecule has 5 rings (SSSR count). The number of aromatic amines is 1. The van der Waals surface area contributed by atoms with E-state index in [0.29, 0.717) is 23.1 Å². The molecule has 37 heavy (non-hydrogen) atoms. The third-order valence-electron chi connectivity index (χ3n) is 5.95. The van der Waals surface area contributed by atoms with Gasteiger partial charge in [-0.15, -0.1) is 0 Å². The second-order valence-corrected chi connectivity index (χ2v) is 8.71. The third kappa shape index (κ3) is 4.49. The number of H-pyrrole nitrogens is 1. The van der Waals surface area contributed by atoms with Crippen molar-refractivity contribution in [1.29, 1.82) is 0 Å². The van der Waals surface area contributed by atoms with Crippen LogP contribution in [0.1, 0.15) is 42.9 Å². The number of carbonyl (C=O) groups is 1. The van der Waals surface area contributed by atoms with E-state index >= 15 is 4.39 Å². The highest BCUT2D eigenvalue weighted by molar-refractivity contribution is 6.05. The minimum Gasteiger partial charge on any atom is -0.452 e. The van der Waals surface area contributed by atoms with Crippen molar-refractivity contribution in [3.05, 3.63) is 94.5 Å². The molecule has 5 aromatic rings. The van der Waals surface area contributed by atoms with E-state index in [1.165, 1.54) is 29.1 Å². The lowest BCUT2D eigenvalue weighted by Gasteiger charge is -2.13. The molecule has 2 aromatic carbocycles. The largest absolute Gasteiger partial charge is 0.452 e. The van der Waals surface area contributed by atoms with Crippen LogP contribution in [0.25, 0.3) is 16.9 Å². The first-order valence-corrected chi connectivity index (χ1v) is 11.9. The van der Waals surface area contributed by atoms with Gasteiger partial charge in [0.05, 0.1) is 23.1 Å². The van der Waals surface area contributed by atoms with Crippen molar-refractivity contribution < 1.29 is 13.9 Å². The van der Waals surface area contributed by atoms with E-state index in [2.05, 4.69) is 20.4 Å². The summed E-state index contributed by atoms with van der Waals surface area (Å²) in [5, 5.41) is 7.11. The second-order valence-electron chi connectivity index (χ2n) is 8.71. The Bertz CT molecular complexity index is 1650. The zero-order valence-electron chi connectivity index (χ0n) is 20.5. The fraction of sp³-hybridized carbons (Fsp3) is 0.185. The maximum absolute atomic E-state index is 15.0. The van der Waals surface area contributed by atoms with E-state index in [0.717, 1.165) is 11.4 Å². The topological polar surface area (TPSA) is 107 Å². The summed E-state index contributed by atoms with van der Waals surface area (Å²) >= 11 is 0. The van der Waals surface area contributed by atoms with Crippen LogP contribution in [0.15, 0.2) is 71.8 Å². The van der Waals surface area contributed by atoms with Crippen LogP contribution in [-0.2, 0) is 6.42 Å². The van der Waals surface area contributed by atoms with Crippen molar-refractivity contribution >= 4 is 22.8 Å². The number of imidazole rings is 1. The van der Waals surface area contributed by atoms with Gasteiger partial charge >= 0.3 is 5.69 Å². The summed E-state index contributed by atoms with van der Waals surface area (Å²) in [6.07, 6.45) is 3.57. The average Bonchev–Trinajstić information content (AvgIpc) is 3.47. The van der Waals surface area contributed by atoms with Gasteiger partial charge in [-0.05, 0) is 44.5 Å². The maximum atomic E-state index is 15.0. The van der Waals surface area contributed by atoms with Crippen LogP contribution < -0.4 is 15.7 Å². The van der Waals surface area contributed by atoms with E-state index in [4.69, 9.17) is 4.74 Å². The molecular formula is C27H25FN6O3. The maximum Gasteiger partial charge on any atom is 0.328 e. The smallest absolute Gasteiger partial charge is 0.328 e. The molecule has 2 N–H and O–H groups in total. The number of rotatable bonds is 7. The molecule has 0 aliphatic carbocycles. The summed E-state index contributed by atoms with van der Waals surface area (Å²) in [7, 11) is 0. The molecule has 1 amide bonds.